The van der Waals surface area contributed by atoms with Crippen LogP contribution in [0.3, 0.4) is 0 Å². The maximum atomic E-state index is 12.3. The lowest BCUT2D eigenvalue weighted by molar-refractivity contribution is 0.102. The number of nitrogens with zero attached hydrogens (tertiary/aromatic N) is 3. The van der Waals surface area contributed by atoms with Crippen molar-refractivity contribution >= 4 is 22.9 Å². The number of hydrogen-bond donors (Lipinski definition) is 2. The number of hydrogen-bond acceptors (Lipinski definition) is 6. The van der Waals surface area contributed by atoms with E-state index in [-0.39, 0.29) is 12.5 Å². The molecule has 2 N–H and O–H groups in total. The number of rotatable bonds is 5. The number of nitrogens with one attached hydrogen (secondary N) is 2. The molecule has 0 unspecified atom stereocenters. The van der Waals surface area contributed by atoms with Crippen LogP contribution < -0.4 is 10.1 Å². The molecule has 1 amide bonds. The van der Waals surface area contributed by atoms with E-state index in [4.69, 9.17) is 9.26 Å². The monoisotopic (exact) mass is 349 g/mol. The first-order valence-corrected chi connectivity index (χ1v) is 7.95. The number of amides is 1. The number of carbonyl (C=O) groups excluding carboxylic acids is 1. The van der Waals surface area contributed by atoms with Crippen molar-refractivity contribution in [3.05, 3.63) is 65.8 Å². The Balaban J connectivity index is 1.40. The van der Waals surface area contributed by atoms with Gasteiger partial charge in [0.2, 0.25) is 17.7 Å². The van der Waals surface area contributed by atoms with E-state index in [1.165, 1.54) is 0 Å². The molecule has 130 valence electrons. The van der Waals surface area contributed by atoms with E-state index in [0.29, 0.717) is 29.0 Å². The summed E-state index contributed by atoms with van der Waals surface area (Å²) in [5.41, 5.74) is 2.15. The maximum absolute atomic E-state index is 12.3. The number of H-pyrrole nitrogens is 1. The van der Waals surface area contributed by atoms with Crippen molar-refractivity contribution < 1.29 is 14.1 Å². The molecule has 4 aromatic rings. The predicted octanol–water partition coefficient (Wildman–Crippen LogP) is 3.09. The standard InChI is InChI=1S/C18H15N5O3/c1-11-19-16(23-26-11)10-25-13-8-6-12(7-9-13)17(24)22-18-20-14-4-2-3-5-15(14)21-18/h2-9H,10H2,1H3,(H2,20,21,22,24). The average molecular weight is 349 g/mol. The Bertz CT molecular complexity index is 1020. The lowest BCUT2D eigenvalue weighted by Gasteiger charge is -2.05. The third kappa shape index (κ3) is 3.39. The number of imidazole rings is 1. The minimum Gasteiger partial charge on any atom is -0.485 e. The Kier molecular flexibility index (Phi) is 4.06. The molecule has 0 aliphatic heterocycles. The maximum Gasteiger partial charge on any atom is 0.257 e. The van der Waals surface area contributed by atoms with Crippen LogP contribution in [0.25, 0.3) is 11.0 Å². The number of ether oxygens (including phenoxy) is 1. The van der Waals surface area contributed by atoms with Gasteiger partial charge in [-0.1, -0.05) is 17.3 Å². The van der Waals surface area contributed by atoms with E-state index < -0.39 is 0 Å². The highest BCUT2D eigenvalue weighted by Crippen LogP contribution is 2.16. The highest BCUT2D eigenvalue weighted by atomic mass is 16.5. The molecule has 2 heterocycles. The zero-order chi connectivity index (χ0) is 17.9. The minimum atomic E-state index is -0.260. The van der Waals surface area contributed by atoms with Gasteiger partial charge in [-0.05, 0) is 36.4 Å². The lowest BCUT2D eigenvalue weighted by atomic mass is 10.2. The Labute approximate surface area is 148 Å². The number of aryl methyl sites for hydroxylation is 1. The molecule has 0 aliphatic rings. The first kappa shape index (κ1) is 15.8. The number of benzene rings is 2. The highest BCUT2D eigenvalue weighted by Gasteiger charge is 2.10. The van der Waals surface area contributed by atoms with Crippen molar-refractivity contribution in [3.8, 4) is 5.75 Å². The number of anilines is 1. The van der Waals surface area contributed by atoms with Gasteiger partial charge in [-0.3, -0.25) is 10.1 Å². The fourth-order valence-corrected chi connectivity index (χ4v) is 2.44. The van der Waals surface area contributed by atoms with Gasteiger partial charge in [0.1, 0.15) is 5.75 Å². The van der Waals surface area contributed by atoms with Gasteiger partial charge in [0.25, 0.3) is 5.91 Å². The smallest absolute Gasteiger partial charge is 0.257 e. The number of fused-ring (bicyclic) bond motifs is 1. The molecular weight excluding hydrogens is 334 g/mol. The summed E-state index contributed by atoms with van der Waals surface area (Å²) in [5.74, 6) is 1.71. The second-order valence-electron chi connectivity index (χ2n) is 5.60. The SMILES string of the molecule is Cc1nc(COc2ccc(C(=O)Nc3nc4ccccc4[nH]3)cc2)no1. The van der Waals surface area contributed by atoms with Crippen LogP contribution in [0.15, 0.2) is 53.1 Å². The zero-order valence-electron chi connectivity index (χ0n) is 13.9. The largest absolute Gasteiger partial charge is 0.485 e. The first-order valence-electron chi connectivity index (χ1n) is 7.95. The number of para-hydroxylation sites is 2. The summed E-state index contributed by atoms with van der Waals surface area (Å²) >= 11 is 0. The van der Waals surface area contributed by atoms with Crippen LogP contribution in [-0.4, -0.2) is 26.0 Å². The molecule has 26 heavy (non-hydrogen) atoms. The van der Waals surface area contributed by atoms with Crippen molar-refractivity contribution in [2.75, 3.05) is 5.32 Å². The fourth-order valence-electron chi connectivity index (χ4n) is 2.44. The third-order valence-electron chi connectivity index (χ3n) is 3.68. The van der Waals surface area contributed by atoms with Crippen LogP contribution in [0.5, 0.6) is 5.75 Å². The van der Waals surface area contributed by atoms with Crippen LogP contribution in [0.2, 0.25) is 0 Å². The molecule has 0 aliphatic carbocycles. The van der Waals surface area contributed by atoms with Gasteiger partial charge in [0, 0.05) is 12.5 Å². The summed E-state index contributed by atoms with van der Waals surface area (Å²) in [5, 5.41) is 6.50. The molecule has 0 spiro atoms. The van der Waals surface area contributed by atoms with Crippen LogP contribution in [0.4, 0.5) is 5.95 Å². The lowest BCUT2D eigenvalue weighted by Crippen LogP contribution is -2.12. The highest BCUT2D eigenvalue weighted by molar-refractivity contribution is 6.04. The Morgan fingerprint density at radius 3 is 2.69 bits per heavy atom. The van der Waals surface area contributed by atoms with Gasteiger partial charge < -0.3 is 14.2 Å². The quantitative estimate of drug-likeness (QED) is 0.573. The number of aromatic nitrogens is 4. The van der Waals surface area contributed by atoms with Crippen LogP contribution >= 0.6 is 0 Å². The first-order chi connectivity index (χ1) is 12.7. The zero-order valence-corrected chi connectivity index (χ0v) is 13.9. The summed E-state index contributed by atoms with van der Waals surface area (Å²) in [4.78, 5) is 23.8. The molecule has 0 saturated heterocycles. The van der Waals surface area contributed by atoms with Crippen LogP contribution in [0.1, 0.15) is 22.1 Å². The molecule has 0 fully saturated rings. The van der Waals surface area contributed by atoms with Gasteiger partial charge in [-0.25, -0.2) is 4.98 Å². The second-order valence-corrected chi connectivity index (χ2v) is 5.60. The number of aromatic amines is 1. The summed E-state index contributed by atoms with van der Waals surface area (Å²) in [7, 11) is 0. The predicted molar refractivity (Wildman–Crippen MR) is 93.9 cm³/mol. The van der Waals surface area contributed by atoms with E-state index >= 15 is 0 Å². The minimum absolute atomic E-state index is 0.196. The van der Waals surface area contributed by atoms with Crippen molar-refractivity contribution in [2.45, 2.75) is 13.5 Å². The van der Waals surface area contributed by atoms with Crippen molar-refractivity contribution in [3.63, 3.8) is 0 Å². The molecule has 0 atom stereocenters. The molecule has 8 nitrogen and oxygen atoms in total. The number of carbonyl (C=O) groups is 1. The molecule has 4 rings (SSSR count). The molecule has 0 saturated carbocycles. The van der Waals surface area contributed by atoms with E-state index in [9.17, 15) is 4.79 Å². The van der Waals surface area contributed by atoms with E-state index in [1.54, 1.807) is 31.2 Å². The van der Waals surface area contributed by atoms with Crippen molar-refractivity contribution in [1.82, 2.24) is 20.1 Å². The van der Waals surface area contributed by atoms with Crippen molar-refractivity contribution in [2.24, 2.45) is 0 Å². The fraction of sp³-hybridized carbons (Fsp3) is 0.111. The van der Waals surface area contributed by atoms with Gasteiger partial charge >= 0.3 is 0 Å². The van der Waals surface area contributed by atoms with Crippen LogP contribution in [-0.2, 0) is 6.61 Å². The molecule has 8 heteroatoms. The summed E-state index contributed by atoms with van der Waals surface area (Å²) < 4.78 is 10.4. The van der Waals surface area contributed by atoms with Gasteiger partial charge in [0.05, 0.1) is 11.0 Å². The second kappa shape index (κ2) is 6.67. The van der Waals surface area contributed by atoms with E-state index in [1.807, 2.05) is 24.3 Å². The Morgan fingerprint density at radius 2 is 1.96 bits per heavy atom. The molecule has 2 aromatic heterocycles. The Hall–Kier alpha value is -3.68. The Morgan fingerprint density at radius 1 is 1.15 bits per heavy atom. The summed E-state index contributed by atoms with van der Waals surface area (Å²) in [6, 6.07) is 14.3. The molecule has 0 bridgehead atoms. The molecule has 2 aromatic carbocycles. The topological polar surface area (TPSA) is 106 Å². The summed E-state index contributed by atoms with van der Waals surface area (Å²) in [6.45, 7) is 1.91. The summed E-state index contributed by atoms with van der Waals surface area (Å²) in [6.07, 6.45) is 0. The van der Waals surface area contributed by atoms with E-state index in [2.05, 4.69) is 25.4 Å². The van der Waals surface area contributed by atoms with Gasteiger partial charge in [-0.15, -0.1) is 0 Å². The molecular formula is C18H15N5O3. The molecule has 0 radical (unpaired) electrons. The van der Waals surface area contributed by atoms with Crippen LogP contribution in [0, 0.1) is 6.92 Å². The van der Waals surface area contributed by atoms with Gasteiger partial charge in [0.15, 0.2) is 6.61 Å². The van der Waals surface area contributed by atoms with E-state index in [0.717, 1.165) is 11.0 Å². The van der Waals surface area contributed by atoms with Crippen molar-refractivity contribution in [1.29, 1.82) is 0 Å². The normalized spacial score (nSPS) is 10.8. The average Bonchev–Trinajstić information content (AvgIpc) is 3.25. The van der Waals surface area contributed by atoms with Gasteiger partial charge in [-0.2, -0.15) is 4.98 Å². The third-order valence-corrected chi connectivity index (χ3v) is 3.68.